The van der Waals surface area contributed by atoms with E-state index in [9.17, 15) is 27.6 Å². The lowest BCUT2D eigenvalue weighted by Crippen LogP contribution is -2.30. The summed E-state index contributed by atoms with van der Waals surface area (Å²) in [5.74, 6) is -3.86. The fraction of sp³-hybridized carbons (Fsp3) is 0.0714. The number of carbonyl (C=O) groups excluding carboxylic acids is 1. The highest BCUT2D eigenvalue weighted by atomic mass is 32.2. The number of amides is 1. The van der Waals surface area contributed by atoms with Gasteiger partial charge in [-0.2, -0.15) is 4.31 Å². The van der Waals surface area contributed by atoms with Crippen LogP contribution in [0.4, 0.5) is 18.9 Å². The molecule has 0 bridgehead atoms. The molecule has 5 nitrogen and oxygen atoms in total. The summed E-state index contributed by atoms with van der Waals surface area (Å²) in [6.45, 7) is -0.384. The summed E-state index contributed by atoms with van der Waals surface area (Å²) >= 11 is -2.01. The van der Waals surface area contributed by atoms with Gasteiger partial charge in [0.1, 0.15) is 17.4 Å². The van der Waals surface area contributed by atoms with Crippen molar-refractivity contribution in [3.8, 4) is 16.9 Å². The molecule has 120 valence electrons. The second-order valence-electron chi connectivity index (χ2n) is 4.79. The van der Waals surface area contributed by atoms with Crippen LogP contribution in [0.1, 0.15) is 0 Å². The molecule has 3 rings (SSSR count). The molecule has 2 aromatic rings. The highest BCUT2D eigenvalue weighted by Crippen LogP contribution is 2.37. The smallest absolute Gasteiger partial charge is 0.287 e. The maximum absolute atomic E-state index is 14.3. The summed E-state index contributed by atoms with van der Waals surface area (Å²) in [4.78, 5) is 11.2. The number of nitrogens with zero attached hydrogens (tertiary/aromatic N) is 1. The third kappa shape index (κ3) is 2.92. The van der Waals surface area contributed by atoms with Crippen LogP contribution in [0, 0.1) is 17.5 Å². The third-order valence-corrected chi connectivity index (χ3v) is 4.29. The maximum Gasteiger partial charge on any atom is 0.287 e. The van der Waals surface area contributed by atoms with Crippen molar-refractivity contribution in [1.82, 2.24) is 4.72 Å². The van der Waals surface area contributed by atoms with Crippen molar-refractivity contribution in [3.63, 3.8) is 0 Å². The van der Waals surface area contributed by atoms with Crippen LogP contribution in [0.15, 0.2) is 30.3 Å². The van der Waals surface area contributed by atoms with Gasteiger partial charge in [-0.05, 0) is 35.4 Å². The molecule has 2 N–H and O–H groups in total. The second-order valence-corrected chi connectivity index (χ2v) is 5.94. The Morgan fingerprint density at radius 3 is 2.22 bits per heavy atom. The molecule has 0 radical (unpaired) electrons. The Morgan fingerprint density at radius 1 is 1.09 bits per heavy atom. The Balaban J connectivity index is 2.05. The van der Waals surface area contributed by atoms with Crippen LogP contribution in [0.3, 0.4) is 0 Å². The summed E-state index contributed by atoms with van der Waals surface area (Å²) in [5, 5.41) is 9.99. The minimum atomic E-state index is -2.01. The van der Waals surface area contributed by atoms with Gasteiger partial charge in [0.15, 0.2) is 29.6 Å². The van der Waals surface area contributed by atoms with E-state index < -0.39 is 46.3 Å². The lowest BCUT2D eigenvalue weighted by Gasteiger charge is -2.18. The molecule has 1 saturated heterocycles. The molecule has 1 aliphatic rings. The van der Waals surface area contributed by atoms with Crippen LogP contribution in [0.25, 0.3) is 11.1 Å². The van der Waals surface area contributed by atoms with Gasteiger partial charge in [-0.1, -0.05) is 0 Å². The van der Waals surface area contributed by atoms with Crippen LogP contribution >= 0.6 is 0 Å². The molecule has 0 aliphatic carbocycles. The van der Waals surface area contributed by atoms with Crippen LogP contribution < -0.4 is 9.03 Å². The first-order chi connectivity index (χ1) is 10.8. The molecule has 23 heavy (non-hydrogen) atoms. The summed E-state index contributed by atoms with van der Waals surface area (Å²) in [6, 6.07) is 4.64. The fourth-order valence-corrected chi connectivity index (χ4v) is 3.20. The number of hydrogen-bond acceptors (Lipinski definition) is 4. The lowest BCUT2D eigenvalue weighted by atomic mass is 10.0. The van der Waals surface area contributed by atoms with Crippen molar-refractivity contribution < 1.29 is 27.6 Å². The fourth-order valence-electron chi connectivity index (χ4n) is 2.25. The van der Waals surface area contributed by atoms with E-state index in [1.165, 1.54) is 0 Å². The number of phenolic OH excluding ortho intramolecular Hbond substituents is 1. The summed E-state index contributed by atoms with van der Waals surface area (Å²) in [5.41, 5.74) is -0.367. The molecule has 0 spiro atoms. The van der Waals surface area contributed by atoms with E-state index in [2.05, 4.69) is 4.72 Å². The monoisotopic (exact) mass is 342 g/mol. The first-order valence-electron chi connectivity index (χ1n) is 6.33. The van der Waals surface area contributed by atoms with Gasteiger partial charge < -0.3 is 9.66 Å². The zero-order valence-corrected chi connectivity index (χ0v) is 12.2. The number of carbonyl (C=O) groups is 1. The molecular formula is C14H9F3N2O3S. The Morgan fingerprint density at radius 2 is 1.70 bits per heavy atom. The zero-order valence-electron chi connectivity index (χ0n) is 11.3. The van der Waals surface area contributed by atoms with Gasteiger partial charge in [0.25, 0.3) is 5.91 Å². The number of phenols is 1. The minimum absolute atomic E-state index is 0.0278. The van der Waals surface area contributed by atoms with Crippen LogP contribution in [-0.4, -0.2) is 22.1 Å². The number of anilines is 1. The Labute approximate surface area is 131 Å². The molecule has 0 aromatic heterocycles. The van der Waals surface area contributed by atoms with Crippen molar-refractivity contribution in [1.29, 1.82) is 0 Å². The number of benzene rings is 2. The predicted octanol–water partition coefficient (Wildman–Crippen LogP) is 1.99. The molecule has 1 unspecified atom stereocenters. The number of halogens is 3. The van der Waals surface area contributed by atoms with Gasteiger partial charge in [0.2, 0.25) is 0 Å². The summed E-state index contributed by atoms with van der Waals surface area (Å²) in [7, 11) is 0. The zero-order chi connectivity index (χ0) is 16.7. The normalized spacial score (nSPS) is 17.5. The summed E-state index contributed by atoms with van der Waals surface area (Å²) in [6.07, 6.45) is 0. The van der Waals surface area contributed by atoms with Gasteiger partial charge in [-0.15, -0.1) is 4.72 Å². The molecule has 9 heteroatoms. The number of aromatic hydroxyl groups is 1. The largest absolute Gasteiger partial charge is 0.568 e. The third-order valence-electron chi connectivity index (χ3n) is 3.18. The standard InChI is InChI=1S/C14H9F3N2O3S/c15-9-1-7(2-10(16)5-9)8-3-11(17)14(12(20)4-8)19-6-13(21)18-23(19)22/h1-5,20H,6H2,(H,18,21). The quantitative estimate of drug-likeness (QED) is 0.819. The Bertz CT molecular complexity index is 760. The first-order valence-corrected chi connectivity index (χ1v) is 7.43. The highest BCUT2D eigenvalue weighted by molar-refractivity contribution is 7.92. The second kappa shape index (κ2) is 5.67. The first kappa shape index (κ1) is 15.5. The van der Waals surface area contributed by atoms with Crippen LogP contribution in [-0.2, 0) is 16.3 Å². The average molecular weight is 342 g/mol. The van der Waals surface area contributed by atoms with Crippen LogP contribution in [0.5, 0.6) is 5.75 Å². The summed E-state index contributed by atoms with van der Waals surface area (Å²) < 4.78 is 55.3. The number of rotatable bonds is 2. The predicted molar refractivity (Wildman–Crippen MR) is 77.0 cm³/mol. The topological polar surface area (TPSA) is 75.6 Å². The van der Waals surface area contributed by atoms with Gasteiger partial charge >= 0.3 is 0 Å². The molecule has 0 saturated carbocycles. The number of hydrogen-bond donors (Lipinski definition) is 2. The lowest BCUT2D eigenvalue weighted by molar-refractivity contribution is -0.117. The maximum atomic E-state index is 14.3. The molecule has 1 amide bonds. The highest BCUT2D eigenvalue weighted by Gasteiger charge is 2.37. The Kier molecular flexibility index (Phi) is 3.82. The minimum Gasteiger partial charge on any atom is -0.568 e. The van der Waals surface area contributed by atoms with E-state index in [0.717, 1.165) is 28.6 Å². The van der Waals surface area contributed by atoms with Crippen molar-refractivity contribution in [2.75, 3.05) is 10.8 Å². The van der Waals surface area contributed by atoms with E-state index in [1.807, 2.05) is 0 Å². The van der Waals surface area contributed by atoms with Crippen molar-refractivity contribution >= 4 is 23.1 Å². The number of nitrogens with one attached hydrogen (secondary N) is 1. The van der Waals surface area contributed by atoms with Crippen molar-refractivity contribution in [3.05, 3.63) is 47.8 Å². The van der Waals surface area contributed by atoms with Crippen molar-refractivity contribution in [2.24, 2.45) is 0 Å². The molecule has 1 fully saturated rings. The van der Waals surface area contributed by atoms with E-state index in [1.54, 1.807) is 0 Å². The Hall–Kier alpha value is -2.39. The van der Waals surface area contributed by atoms with Gasteiger partial charge in [-0.3, -0.25) is 4.79 Å². The SMILES string of the molecule is O=C1CN(c2c(O)cc(-c3cc(F)cc(F)c3)cc2F)[S+]([O-])N1. The average Bonchev–Trinajstić information content (AvgIpc) is 2.75. The molecule has 1 aliphatic heterocycles. The van der Waals surface area contributed by atoms with E-state index in [4.69, 9.17) is 0 Å². The molecule has 2 aromatic carbocycles. The van der Waals surface area contributed by atoms with Gasteiger partial charge in [0, 0.05) is 6.07 Å². The molecule has 1 atom stereocenters. The van der Waals surface area contributed by atoms with Crippen LogP contribution in [0.2, 0.25) is 0 Å². The van der Waals surface area contributed by atoms with E-state index >= 15 is 0 Å². The van der Waals surface area contributed by atoms with Gasteiger partial charge in [0.05, 0.1) is 0 Å². The molecular weight excluding hydrogens is 333 g/mol. The van der Waals surface area contributed by atoms with Crippen molar-refractivity contribution in [2.45, 2.75) is 0 Å². The van der Waals surface area contributed by atoms with E-state index in [-0.39, 0.29) is 17.7 Å². The molecule has 1 heterocycles. The van der Waals surface area contributed by atoms with E-state index in [0.29, 0.717) is 6.07 Å². The van der Waals surface area contributed by atoms with Gasteiger partial charge in [-0.25, -0.2) is 13.2 Å².